The van der Waals surface area contributed by atoms with Crippen LogP contribution in [-0.4, -0.2) is 6.04 Å². The number of rotatable bonds is 5. The lowest BCUT2D eigenvalue weighted by Crippen LogP contribution is -2.14. The van der Waals surface area contributed by atoms with Crippen LogP contribution in [0.5, 0.6) is 0 Å². The molecule has 1 aromatic rings. The van der Waals surface area contributed by atoms with Crippen LogP contribution in [-0.2, 0) is 0 Å². The number of anilines is 1. The zero-order valence-corrected chi connectivity index (χ0v) is 9.46. The number of nitriles is 1. The van der Waals surface area contributed by atoms with Gasteiger partial charge < -0.3 is 5.32 Å². The second kappa shape index (κ2) is 6.08. The Balaban J connectivity index is 2.47. The Morgan fingerprint density at radius 3 is 2.53 bits per heavy atom. The maximum Gasteiger partial charge on any atom is 0.0991 e. The number of nitrogens with one attached hydrogen (secondary N) is 1. The first-order valence-electron chi connectivity index (χ1n) is 5.53. The maximum atomic E-state index is 8.66. The Hall–Kier alpha value is -1.49. The van der Waals surface area contributed by atoms with Gasteiger partial charge in [-0.15, -0.1) is 0 Å². The van der Waals surface area contributed by atoms with E-state index in [0.717, 1.165) is 5.69 Å². The fourth-order valence-electron chi connectivity index (χ4n) is 1.51. The average Bonchev–Trinajstić information content (AvgIpc) is 2.27. The number of nitrogens with zero attached hydrogens (tertiary/aromatic N) is 1. The maximum absolute atomic E-state index is 8.66. The van der Waals surface area contributed by atoms with Crippen molar-refractivity contribution in [3.05, 3.63) is 29.8 Å². The Morgan fingerprint density at radius 2 is 2.00 bits per heavy atom. The summed E-state index contributed by atoms with van der Waals surface area (Å²) >= 11 is 0. The molecule has 1 rings (SSSR count). The van der Waals surface area contributed by atoms with Gasteiger partial charge in [-0.2, -0.15) is 5.26 Å². The highest BCUT2D eigenvalue weighted by Gasteiger charge is 2.00. The fourth-order valence-corrected chi connectivity index (χ4v) is 1.51. The SMILES string of the molecule is CCCCC(C)Nc1ccc(C#N)cc1. The molecule has 0 radical (unpaired) electrons. The van der Waals surface area contributed by atoms with Crippen LogP contribution >= 0.6 is 0 Å². The molecule has 0 amide bonds. The predicted molar refractivity (Wildman–Crippen MR) is 63.8 cm³/mol. The van der Waals surface area contributed by atoms with E-state index in [9.17, 15) is 0 Å². The Labute approximate surface area is 91.9 Å². The number of benzene rings is 1. The van der Waals surface area contributed by atoms with E-state index in [1.807, 2.05) is 24.3 Å². The van der Waals surface area contributed by atoms with E-state index >= 15 is 0 Å². The number of hydrogen-bond acceptors (Lipinski definition) is 2. The third kappa shape index (κ3) is 4.03. The lowest BCUT2D eigenvalue weighted by Gasteiger charge is -2.14. The molecule has 0 fully saturated rings. The summed E-state index contributed by atoms with van der Waals surface area (Å²) in [5, 5.41) is 12.1. The molecule has 1 unspecified atom stereocenters. The highest BCUT2D eigenvalue weighted by Crippen LogP contribution is 2.12. The van der Waals surface area contributed by atoms with Crippen molar-refractivity contribution in [2.24, 2.45) is 0 Å². The quantitative estimate of drug-likeness (QED) is 0.792. The van der Waals surface area contributed by atoms with E-state index in [-0.39, 0.29) is 0 Å². The van der Waals surface area contributed by atoms with Crippen molar-refractivity contribution in [2.45, 2.75) is 39.2 Å². The average molecular weight is 202 g/mol. The van der Waals surface area contributed by atoms with Crippen LogP contribution in [0, 0.1) is 11.3 Å². The van der Waals surface area contributed by atoms with E-state index in [1.54, 1.807) is 0 Å². The summed E-state index contributed by atoms with van der Waals surface area (Å²) in [5.41, 5.74) is 1.80. The summed E-state index contributed by atoms with van der Waals surface area (Å²) in [5.74, 6) is 0. The van der Waals surface area contributed by atoms with Gasteiger partial charge in [-0.05, 0) is 37.6 Å². The van der Waals surface area contributed by atoms with Gasteiger partial charge in [-0.1, -0.05) is 19.8 Å². The number of unbranched alkanes of at least 4 members (excludes halogenated alkanes) is 1. The molecule has 2 heteroatoms. The normalized spacial score (nSPS) is 11.8. The molecule has 0 aliphatic heterocycles. The second-order valence-corrected chi connectivity index (χ2v) is 3.88. The smallest absolute Gasteiger partial charge is 0.0991 e. The van der Waals surface area contributed by atoms with Crippen molar-refractivity contribution in [1.82, 2.24) is 0 Å². The van der Waals surface area contributed by atoms with E-state index in [4.69, 9.17) is 5.26 Å². The molecule has 0 aliphatic carbocycles. The molecule has 0 saturated carbocycles. The predicted octanol–water partition coefficient (Wildman–Crippen LogP) is 3.55. The zero-order chi connectivity index (χ0) is 11.1. The highest BCUT2D eigenvalue weighted by molar-refractivity contribution is 5.47. The largest absolute Gasteiger partial charge is 0.383 e. The Kier molecular flexibility index (Phi) is 4.70. The molecule has 0 bridgehead atoms. The number of hydrogen-bond donors (Lipinski definition) is 1. The summed E-state index contributed by atoms with van der Waals surface area (Å²) in [6.07, 6.45) is 3.68. The standard InChI is InChI=1S/C13H18N2/c1-3-4-5-11(2)15-13-8-6-12(10-14)7-9-13/h6-9,11,15H,3-5H2,1-2H3. The molecule has 0 heterocycles. The van der Waals surface area contributed by atoms with Crippen molar-refractivity contribution < 1.29 is 0 Å². The van der Waals surface area contributed by atoms with Gasteiger partial charge in [0.25, 0.3) is 0 Å². The van der Waals surface area contributed by atoms with Gasteiger partial charge in [0.05, 0.1) is 11.6 Å². The molecule has 2 nitrogen and oxygen atoms in total. The summed E-state index contributed by atoms with van der Waals surface area (Å²) < 4.78 is 0. The first-order valence-corrected chi connectivity index (χ1v) is 5.53. The van der Waals surface area contributed by atoms with E-state index in [0.29, 0.717) is 11.6 Å². The highest BCUT2D eigenvalue weighted by atomic mass is 14.9. The van der Waals surface area contributed by atoms with Crippen molar-refractivity contribution >= 4 is 5.69 Å². The summed E-state index contributed by atoms with van der Waals surface area (Å²) in [4.78, 5) is 0. The summed E-state index contributed by atoms with van der Waals surface area (Å²) in [7, 11) is 0. The van der Waals surface area contributed by atoms with Gasteiger partial charge in [0.1, 0.15) is 0 Å². The fraction of sp³-hybridized carbons (Fsp3) is 0.462. The molecular formula is C13H18N2. The lowest BCUT2D eigenvalue weighted by molar-refractivity contribution is 0.645. The van der Waals surface area contributed by atoms with Crippen LogP contribution in [0.25, 0.3) is 0 Å². The molecule has 80 valence electrons. The van der Waals surface area contributed by atoms with Gasteiger partial charge in [-0.3, -0.25) is 0 Å². The molecule has 1 N–H and O–H groups in total. The summed E-state index contributed by atoms with van der Waals surface area (Å²) in [6.45, 7) is 4.39. The minimum Gasteiger partial charge on any atom is -0.383 e. The van der Waals surface area contributed by atoms with E-state index in [1.165, 1.54) is 19.3 Å². The van der Waals surface area contributed by atoms with Gasteiger partial charge in [0, 0.05) is 11.7 Å². The Morgan fingerprint density at radius 1 is 1.33 bits per heavy atom. The minimum absolute atomic E-state index is 0.498. The van der Waals surface area contributed by atoms with Crippen molar-refractivity contribution in [3.63, 3.8) is 0 Å². The van der Waals surface area contributed by atoms with Crippen LogP contribution in [0.15, 0.2) is 24.3 Å². The van der Waals surface area contributed by atoms with Gasteiger partial charge in [-0.25, -0.2) is 0 Å². The molecular weight excluding hydrogens is 184 g/mol. The van der Waals surface area contributed by atoms with Gasteiger partial charge in [0.15, 0.2) is 0 Å². The summed E-state index contributed by atoms with van der Waals surface area (Å²) in [6, 6.07) is 10.2. The third-order valence-corrected chi connectivity index (χ3v) is 2.42. The molecule has 0 aliphatic rings. The first kappa shape index (κ1) is 11.6. The first-order chi connectivity index (χ1) is 7.26. The van der Waals surface area contributed by atoms with E-state index < -0.39 is 0 Å². The molecule has 1 atom stereocenters. The third-order valence-electron chi connectivity index (χ3n) is 2.42. The molecule has 1 aromatic carbocycles. The molecule has 15 heavy (non-hydrogen) atoms. The molecule has 0 saturated heterocycles. The van der Waals surface area contributed by atoms with Gasteiger partial charge in [0.2, 0.25) is 0 Å². The molecule has 0 spiro atoms. The monoisotopic (exact) mass is 202 g/mol. The zero-order valence-electron chi connectivity index (χ0n) is 9.46. The molecule has 0 aromatic heterocycles. The van der Waals surface area contributed by atoms with E-state index in [2.05, 4.69) is 25.2 Å². The van der Waals surface area contributed by atoms with Crippen LogP contribution < -0.4 is 5.32 Å². The lowest BCUT2D eigenvalue weighted by atomic mass is 10.1. The van der Waals surface area contributed by atoms with Crippen LogP contribution in [0.4, 0.5) is 5.69 Å². The second-order valence-electron chi connectivity index (χ2n) is 3.88. The van der Waals surface area contributed by atoms with Crippen molar-refractivity contribution in [3.8, 4) is 6.07 Å². The topological polar surface area (TPSA) is 35.8 Å². The Bertz CT molecular complexity index is 321. The van der Waals surface area contributed by atoms with Gasteiger partial charge >= 0.3 is 0 Å². The van der Waals surface area contributed by atoms with Crippen LogP contribution in [0.1, 0.15) is 38.7 Å². The minimum atomic E-state index is 0.498. The van der Waals surface area contributed by atoms with Crippen molar-refractivity contribution in [1.29, 1.82) is 5.26 Å². The van der Waals surface area contributed by atoms with Crippen LogP contribution in [0.2, 0.25) is 0 Å². The van der Waals surface area contributed by atoms with Crippen molar-refractivity contribution in [2.75, 3.05) is 5.32 Å². The van der Waals surface area contributed by atoms with Crippen LogP contribution in [0.3, 0.4) is 0 Å².